The molecular weight excluding hydrogens is 210 g/mol. The van der Waals surface area contributed by atoms with Gasteiger partial charge in [-0.2, -0.15) is 0 Å². The topological polar surface area (TPSA) is 42.9 Å². The number of hydrogen-bond donors (Lipinski definition) is 1. The number of quaternary nitrogens is 1. The summed E-state index contributed by atoms with van der Waals surface area (Å²) in [5.41, 5.74) is 0. The molecule has 0 amide bonds. The van der Waals surface area contributed by atoms with Crippen LogP contribution in [0.1, 0.15) is 39.0 Å². The van der Waals surface area contributed by atoms with Crippen molar-refractivity contribution in [1.29, 1.82) is 0 Å². The molecule has 2 N–H and O–H groups in total. The van der Waals surface area contributed by atoms with E-state index in [1.807, 2.05) is 18.7 Å². The molecule has 1 aliphatic heterocycles. The van der Waals surface area contributed by atoms with Crippen molar-refractivity contribution < 1.29 is 14.8 Å². The largest absolute Gasteiger partial charge is 0.462 e. The van der Waals surface area contributed by atoms with E-state index in [4.69, 9.17) is 4.74 Å². The highest BCUT2D eigenvalue weighted by Crippen LogP contribution is 2.37. The number of nitrogens with two attached hydrogens (primary N) is 1. The molecule has 0 aromatic carbocycles. The molecule has 4 heteroatoms. The monoisotopic (exact) mass is 230 g/mol. The lowest BCUT2D eigenvalue weighted by Gasteiger charge is -2.29. The number of hydrogen-bond acceptors (Lipinski definition) is 3. The van der Waals surface area contributed by atoms with Gasteiger partial charge in [0.1, 0.15) is 4.87 Å². The van der Waals surface area contributed by atoms with Crippen molar-refractivity contribution in [2.75, 3.05) is 12.4 Å². The average Bonchev–Trinajstić information content (AvgIpc) is 2.64. The summed E-state index contributed by atoms with van der Waals surface area (Å²) in [5.74, 6) is 0.909. The fourth-order valence-electron chi connectivity index (χ4n) is 2.57. The van der Waals surface area contributed by atoms with Crippen LogP contribution < -0.4 is 5.32 Å². The van der Waals surface area contributed by atoms with Crippen LogP contribution in [0.5, 0.6) is 0 Å². The van der Waals surface area contributed by atoms with Gasteiger partial charge in [0.05, 0.1) is 12.4 Å². The molecule has 2 rings (SSSR count). The van der Waals surface area contributed by atoms with Crippen LogP contribution in [0.15, 0.2) is 0 Å². The summed E-state index contributed by atoms with van der Waals surface area (Å²) in [6.45, 7) is 2.37. The van der Waals surface area contributed by atoms with Crippen LogP contribution in [0.2, 0.25) is 0 Å². The third kappa shape index (κ3) is 2.48. The second-order valence-electron chi connectivity index (χ2n) is 4.46. The van der Waals surface area contributed by atoms with Crippen LogP contribution in [0, 0.1) is 0 Å². The molecule has 1 saturated carbocycles. The number of carbonyl (C=O) groups excluding carboxylic acids is 1. The first-order chi connectivity index (χ1) is 7.26. The average molecular weight is 230 g/mol. The zero-order valence-electron chi connectivity index (χ0n) is 9.33. The Labute approximate surface area is 95.3 Å². The van der Waals surface area contributed by atoms with Crippen molar-refractivity contribution in [3.63, 3.8) is 0 Å². The molecule has 0 aromatic rings. The van der Waals surface area contributed by atoms with Gasteiger partial charge in [0.2, 0.25) is 0 Å². The highest BCUT2D eigenvalue weighted by Gasteiger charge is 2.47. The van der Waals surface area contributed by atoms with Gasteiger partial charge in [0.25, 0.3) is 0 Å². The van der Waals surface area contributed by atoms with Crippen molar-refractivity contribution in [2.45, 2.75) is 49.9 Å². The van der Waals surface area contributed by atoms with Crippen molar-refractivity contribution in [1.82, 2.24) is 0 Å². The Kier molecular flexibility index (Phi) is 3.57. The van der Waals surface area contributed by atoms with Crippen LogP contribution in [0.3, 0.4) is 0 Å². The predicted molar refractivity (Wildman–Crippen MR) is 60.6 cm³/mol. The van der Waals surface area contributed by atoms with Gasteiger partial charge in [-0.3, -0.25) is 0 Å². The quantitative estimate of drug-likeness (QED) is 0.716. The standard InChI is InChI=1S/C11H19NO2S/c1-2-14-10(13)9-8-15-11(12-9)6-4-3-5-7-11/h9,12H,2-8H2,1H3/p+1. The van der Waals surface area contributed by atoms with Gasteiger partial charge in [-0.05, 0) is 19.8 Å². The summed E-state index contributed by atoms with van der Waals surface area (Å²) in [7, 11) is 0. The molecular formula is C11H20NO2S+. The summed E-state index contributed by atoms with van der Waals surface area (Å²) in [4.78, 5) is 11.9. The molecule has 2 fully saturated rings. The van der Waals surface area contributed by atoms with Gasteiger partial charge in [0.15, 0.2) is 6.04 Å². The lowest BCUT2D eigenvalue weighted by atomic mass is 9.94. The fourth-order valence-corrected chi connectivity index (χ4v) is 4.15. The fraction of sp³-hybridized carbons (Fsp3) is 0.909. The Morgan fingerprint density at radius 2 is 2.20 bits per heavy atom. The molecule has 15 heavy (non-hydrogen) atoms. The van der Waals surface area contributed by atoms with Crippen molar-refractivity contribution in [3.05, 3.63) is 0 Å². The van der Waals surface area contributed by atoms with Gasteiger partial charge in [-0.1, -0.05) is 18.2 Å². The van der Waals surface area contributed by atoms with Crippen molar-refractivity contribution >= 4 is 17.7 Å². The summed E-state index contributed by atoms with van der Waals surface area (Å²) < 4.78 is 5.08. The second kappa shape index (κ2) is 4.74. The van der Waals surface area contributed by atoms with E-state index in [2.05, 4.69) is 5.32 Å². The number of thioether (sulfide) groups is 1. The van der Waals surface area contributed by atoms with Gasteiger partial charge < -0.3 is 10.1 Å². The summed E-state index contributed by atoms with van der Waals surface area (Å²) in [5, 5.41) is 2.27. The number of esters is 1. The van der Waals surface area contributed by atoms with E-state index in [9.17, 15) is 4.79 Å². The zero-order valence-corrected chi connectivity index (χ0v) is 10.1. The Balaban J connectivity index is 1.90. The van der Waals surface area contributed by atoms with E-state index in [1.165, 1.54) is 32.1 Å². The number of carbonyl (C=O) groups is 1. The molecule has 0 aromatic heterocycles. The maximum Gasteiger partial charge on any atom is 0.365 e. The maximum atomic E-state index is 11.6. The third-order valence-corrected chi connectivity index (χ3v) is 4.99. The molecule has 1 spiro atoms. The highest BCUT2D eigenvalue weighted by atomic mass is 32.2. The zero-order chi connectivity index (χ0) is 10.7. The van der Waals surface area contributed by atoms with Crippen LogP contribution in [-0.4, -0.2) is 29.2 Å². The third-order valence-electron chi connectivity index (χ3n) is 3.34. The molecule has 1 atom stereocenters. The van der Waals surface area contributed by atoms with E-state index in [0.717, 1.165) is 5.75 Å². The van der Waals surface area contributed by atoms with Gasteiger partial charge in [-0.25, -0.2) is 4.79 Å². The highest BCUT2D eigenvalue weighted by molar-refractivity contribution is 8.00. The predicted octanol–water partition coefficient (Wildman–Crippen LogP) is 0.889. The van der Waals surface area contributed by atoms with Crippen molar-refractivity contribution in [3.8, 4) is 0 Å². The molecule has 0 bridgehead atoms. The van der Waals surface area contributed by atoms with Crippen molar-refractivity contribution in [2.24, 2.45) is 0 Å². The van der Waals surface area contributed by atoms with E-state index in [-0.39, 0.29) is 12.0 Å². The van der Waals surface area contributed by atoms with E-state index >= 15 is 0 Å². The Morgan fingerprint density at radius 1 is 1.47 bits per heavy atom. The van der Waals surface area contributed by atoms with E-state index in [0.29, 0.717) is 11.5 Å². The van der Waals surface area contributed by atoms with Gasteiger partial charge in [-0.15, -0.1) is 0 Å². The van der Waals surface area contributed by atoms with Crippen LogP contribution in [0.25, 0.3) is 0 Å². The SMILES string of the molecule is CCOC(=O)C1CSC2(CCCCC2)[NH2+]1. The molecule has 3 nitrogen and oxygen atoms in total. The molecule has 1 aliphatic carbocycles. The first-order valence-corrected chi connectivity index (χ1v) is 6.91. The first-order valence-electron chi connectivity index (χ1n) is 5.92. The van der Waals surface area contributed by atoms with Crippen LogP contribution in [0.4, 0.5) is 0 Å². The Bertz CT molecular complexity index is 239. The Hall–Kier alpha value is -0.220. The smallest absolute Gasteiger partial charge is 0.365 e. The van der Waals surface area contributed by atoms with Gasteiger partial charge in [0, 0.05) is 12.8 Å². The summed E-state index contributed by atoms with van der Waals surface area (Å²) in [6.07, 6.45) is 6.51. The molecule has 2 aliphatic rings. The van der Waals surface area contributed by atoms with E-state index in [1.54, 1.807) is 0 Å². The summed E-state index contributed by atoms with van der Waals surface area (Å²) >= 11 is 1.97. The van der Waals surface area contributed by atoms with Crippen LogP contribution >= 0.6 is 11.8 Å². The lowest BCUT2D eigenvalue weighted by molar-refractivity contribution is -0.715. The maximum absolute atomic E-state index is 11.6. The number of ether oxygens (including phenoxy) is 1. The lowest BCUT2D eigenvalue weighted by Crippen LogP contribution is -2.98. The van der Waals surface area contributed by atoms with Crippen LogP contribution in [-0.2, 0) is 9.53 Å². The molecule has 1 heterocycles. The minimum absolute atomic E-state index is 0.0209. The first kappa shape index (κ1) is 11.3. The number of rotatable bonds is 2. The Morgan fingerprint density at radius 3 is 2.87 bits per heavy atom. The second-order valence-corrected chi connectivity index (χ2v) is 5.90. The minimum Gasteiger partial charge on any atom is -0.462 e. The van der Waals surface area contributed by atoms with E-state index < -0.39 is 0 Å². The minimum atomic E-state index is -0.0209. The van der Waals surface area contributed by atoms with Gasteiger partial charge >= 0.3 is 5.97 Å². The summed E-state index contributed by atoms with van der Waals surface area (Å²) in [6, 6.07) is 0.0491. The molecule has 0 radical (unpaired) electrons. The molecule has 1 unspecified atom stereocenters. The normalized spacial score (nSPS) is 29.3. The molecule has 1 saturated heterocycles. The molecule has 86 valence electrons.